The van der Waals surface area contributed by atoms with E-state index in [2.05, 4.69) is 18.3 Å². The van der Waals surface area contributed by atoms with Crippen LogP contribution in [0.2, 0.25) is 0 Å². The van der Waals surface area contributed by atoms with Gasteiger partial charge in [0.2, 0.25) is 0 Å². The Morgan fingerprint density at radius 1 is 1.00 bits per heavy atom. The molecule has 0 radical (unpaired) electrons. The molecular weight excluding hydrogens is 290 g/mol. The van der Waals surface area contributed by atoms with E-state index >= 15 is 0 Å². The van der Waals surface area contributed by atoms with Crippen molar-refractivity contribution in [3.05, 3.63) is 59.2 Å². The van der Waals surface area contributed by atoms with Gasteiger partial charge in [-0.05, 0) is 43.2 Å². The van der Waals surface area contributed by atoms with E-state index in [9.17, 15) is 0 Å². The van der Waals surface area contributed by atoms with E-state index in [0.717, 1.165) is 29.2 Å². The quantitative estimate of drug-likeness (QED) is 0.699. The van der Waals surface area contributed by atoms with Gasteiger partial charge in [-0.3, -0.25) is 0 Å². The second-order valence-electron chi connectivity index (χ2n) is 5.51. The standard InChI is InChI=1S/C19H25NO3/c1-15-6-7-19(16(2)12-15)23-11-10-22-18-5-3-4-17(13-18)14-20-8-9-21/h3-7,12-13,20-21H,8-11,14H2,1-2H3. The lowest BCUT2D eigenvalue weighted by molar-refractivity contribution is 0.216. The van der Waals surface area contributed by atoms with Crippen LogP contribution in [-0.4, -0.2) is 31.5 Å². The molecule has 0 aliphatic carbocycles. The molecule has 0 bridgehead atoms. The van der Waals surface area contributed by atoms with E-state index in [1.807, 2.05) is 43.3 Å². The molecule has 2 aromatic carbocycles. The topological polar surface area (TPSA) is 50.7 Å². The Morgan fingerprint density at radius 3 is 2.61 bits per heavy atom. The molecule has 0 amide bonds. The van der Waals surface area contributed by atoms with Gasteiger partial charge in [0, 0.05) is 13.1 Å². The predicted molar refractivity (Wildman–Crippen MR) is 92.1 cm³/mol. The number of benzene rings is 2. The van der Waals surface area contributed by atoms with Gasteiger partial charge >= 0.3 is 0 Å². The fourth-order valence-corrected chi connectivity index (χ4v) is 2.33. The smallest absolute Gasteiger partial charge is 0.122 e. The highest BCUT2D eigenvalue weighted by Crippen LogP contribution is 2.19. The van der Waals surface area contributed by atoms with E-state index in [4.69, 9.17) is 14.6 Å². The van der Waals surface area contributed by atoms with E-state index in [0.29, 0.717) is 19.8 Å². The Hall–Kier alpha value is -2.04. The van der Waals surface area contributed by atoms with Gasteiger partial charge in [-0.15, -0.1) is 0 Å². The van der Waals surface area contributed by atoms with Crippen LogP contribution in [0.3, 0.4) is 0 Å². The molecule has 2 N–H and O–H groups in total. The summed E-state index contributed by atoms with van der Waals surface area (Å²) in [6.45, 7) is 6.59. The van der Waals surface area contributed by atoms with Gasteiger partial charge in [0.1, 0.15) is 24.7 Å². The van der Waals surface area contributed by atoms with Crippen molar-refractivity contribution in [2.45, 2.75) is 20.4 Å². The average molecular weight is 315 g/mol. The van der Waals surface area contributed by atoms with Gasteiger partial charge in [0.15, 0.2) is 0 Å². The summed E-state index contributed by atoms with van der Waals surface area (Å²) in [6.07, 6.45) is 0. The fraction of sp³-hybridized carbons (Fsp3) is 0.368. The minimum atomic E-state index is 0.145. The van der Waals surface area contributed by atoms with Crippen molar-refractivity contribution < 1.29 is 14.6 Å². The number of ether oxygens (including phenoxy) is 2. The van der Waals surface area contributed by atoms with Crippen LogP contribution in [0, 0.1) is 13.8 Å². The maximum absolute atomic E-state index is 8.77. The monoisotopic (exact) mass is 315 g/mol. The molecule has 0 aliphatic rings. The number of aliphatic hydroxyl groups excluding tert-OH is 1. The van der Waals surface area contributed by atoms with Crippen molar-refractivity contribution in [2.75, 3.05) is 26.4 Å². The minimum absolute atomic E-state index is 0.145. The molecule has 0 saturated heterocycles. The van der Waals surface area contributed by atoms with Crippen molar-refractivity contribution in [3.8, 4) is 11.5 Å². The highest BCUT2D eigenvalue weighted by Gasteiger charge is 2.01. The van der Waals surface area contributed by atoms with Crippen molar-refractivity contribution in [3.63, 3.8) is 0 Å². The molecule has 2 rings (SSSR count). The summed E-state index contributed by atoms with van der Waals surface area (Å²) in [5.74, 6) is 1.73. The number of hydrogen-bond donors (Lipinski definition) is 2. The molecule has 23 heavy (non-hydrogen) atoms. The SMILES string of the molecule is Cc1ccc(OCCOc2cccc(CNCCO)c2)c(C)c1. The Balaban J connectivity index is 1.76. The first-order valence-corrected chi connectivity index (χ1v) is 7.92. The first-order chi connectivity index (χ1) is 11.2. The zero-order valence-corrected chi connectivity index (χ0v) is 13.8. The lowest BCUT2D eigenvalue weighted by Gasteiger charge is -2.11. The van der Waals surface area contributed by atoms with Gasteiger partial charge in [-0.1, -0.05) is 29.8 Å². The molecule has 4 heteroatoms. The molecule has 0 aromatic heterocycles. The molecular formula is C19H25NO3. The minimum Gasteiger partial charge on any atom is -0.490 e. The first kappa shape index (κ1) is 17.3. The lowest BCUT2D eigenvalue weighted by Crippen LogP contribution is -2.17. The van der Waals surface area contributed by atoms with Crippen molar-refractivity contribution in [2.24, 2.45) is 0 Å². The summed E-state index contributed by atoms with van der Waals surface area (Å²) in [7, 11) is 0. The molecule has 0 unspecified atom stereocenters. The Kier molecular flexibility index (Phi) is 6.91. The summed E-state index contributed by atoms with van der Waals surface area (Å²) in [6, 6.07) is 14.1. The second-order valence-corrected chi connectivity index (χ2v) is 5.51. The lowest BCUT2D eigenvalue weighted by atomic mass is 10.1. The van der Waals surface area contributed by atoms with Crippen LogP contribution in [0.4, 0.5) is 0 Å². The maximum Gasteiger partial charge on any atom is 0.122 e. The van der Waals surface area contributed by atoms with Crippen LogP contribution in [0.1, 0.15) is 16.7 Å². The largest absolute Gasteiger partial charge is 0.490 e. The normalized spacial score (nSPS) is 10.6. The number of nitrogens with one attached hydrogen (secondary N) is 1. The fourth-order valence-electron chi connectivity index (χ4n) is 2.33. The van der Waals surface area contributed by atoms with E-state index < -0.39 is 0 Å². The molecule has 0 saturated carbocycles. The van der Waals surface area contributed by atoms with Crippen molar-refractivity contribution >= 4 is 0 Å². The first-order valence-electron chi connectivity index (χ1n) is 7.92. The van der Waals surface area contributed by atoms with E-state index in [1.165, 1.54) is 5.56 Å². The zero-order valence-electron chi connectivity index (χ0n) is 13.8. The number of hydrogen-bond acceptors (Lipinski definition) is 4. The summed E-state index contributed by atoms with van der Waals surface area (Å²) < 4.78 is 11.5. The van der Waals surface area contributed by atoms with Crippen molar-refractivity contribution in [1.82, 2.24) is 5.32 Å². The number of aryl methyl sites for hydroxylation is 2. The summed E-state index contributed by atoms with van der Waals surface area (Å²) in [5, 5.41) is 11.9. The van der Waals surface area contributed by atoms with Gasteiger partial charge in [-0.2, -0.15) is 0 Å². The highest BCUT2D eigenvalue weighted by atomic mass is 16.5. The van der Waals surface area contributed by atoms with Gasteiger partial charge < -0.3 is 19.9 Å². The molecule has 124 valence electrons. The van der Waals surface area contributed by atoms with Crippen molar-refractivity contribution in [1.29, 1.82) is 0 Å². The highest BCUT2D eigenvalue weighted by molar-refractivity contribution is 5.35. The van der Waals surface area contributed by atoms with Gasteiger partial charge in [-0.25, -0.2) is 0 Å². The molecule has 0 heterocycles. The third kappa shape index (κ3) is 5.93. The number of aliphatic hydroxyl groups is 1. The summed E-state index contributed by atoms with van der Waals surface area (Å²) in [4.78, 5) is 0. The van der Waals surface area contributed by atoms with Crippen LogP contribution in [0.5, 0.6) is 11.5 Å². The van der Waals surface area contributed by atoms with Crippen LogP contribution in [-0.2, 0) is 6.54 Å². The molecule has 2 aromatic rings. The van der Waals surface area contributed by atoms with Crippen LogP contribution in [0.25, 0.3) is 0 Å². The van der Waals surface area contributed by atoms with Gasteiger partial charge in [0.25, 0.3) is 0 Å². The third-order valence-corrected chi connectivity index (χ3v) is 3.46. The number of rotatable bonds is 9. The molecule has 0 atom stereocenters. The molecule has 0 fully saturated rings. The van der Waals surface area contributed by atoms with Gasteiger partial charge in [0.05, 0.1) is 6.61 Å². The van der Waals surface area contributed by atoms with E-state index in [-0.39, 0.29) is 6.61 Å². The molecule has 0 spiro atoms. The average Bonchev–Trinajstić information content (AvgIpc) is 2.54. The second kappa shape index (κ2) is 9.18. The maximum atomic E-state index is 8.77. The molecule has 4 nitrogen and oxygen atoms in total. The Morgan fingerprint density at radius 2 is 1.83 bits per heavy atom. The van der Waals surface area contributed by atoms with E-state index in [1.54, 1.807) is 0 Å². The molecule has 0 aliphatic heterocycles. The third-order valence-electron chi connectivity index (χ3n) is 3.46. The van der Waals surface area contributed by atoms with Crippen LogP contribution in [0.15, 0.2) is 42.5 Å². The predicted octanol–water partition coefficient (Wildman–Crippen LogP) is 2.84. The Labute approximate surface area is 138 Å². The Bertz CT molecular complexity index is 613. The van der Waals surface area contributed by atoms with Crippen LogP contribution < -0.4 is 14.8 Å². The summed E-state index contributed by atoms with van der Waals surface area (Å²) >= 11 is 0. The van der Waals surface area contributed by atoms with Crippen LogP contribution >= 0.6 is 0 Å². The zero-order chi connectivity index (χ0) is 16.5. The summed E-state index contributed by atoms with van der Waals surface area (Å²) in [5.41, 5.74) is 3.51.